The van der Waals surface area contributed by atoms with Crippen LogP contribution in [0.4, 0.5) is 0 Å². The Morgan fingerprint density at radius 3 is 0.803 bits per heavy atom. The molecule has 1 unspecified atom stereocenters. The molecule has 0 aromatic carbocycles. The Morgan fingerprint density at radius 1 is 0.276 bits per heavy atom. The van der Waals surface area contributed by atoms with Crippen molar-refractivity contribution in [1.82, 2.24) is 0 Å². The van der Waals surface area contributed by atoms with Crippen LogP contribution in [0, 0.1) is 0 Å². The molecule has 0 aliphatic carbocycles. The monoisotopic (exact) mass is 1050 g/mol. The normalized spacial score (nSPS) is 12.9. The Hall–Kier alpha value is -4.19. The molecular weight excluding hydrogens is 937 g/mol. The van der Waals surface area contributed by atoms with E-state index in [-0.39, 0.29) is 37.5 Å². The number of carbonyl (C=O) groups excluding carboxylic acids is 3. The van der Waals surface area contributed by atoms with Gasteiger partial charge in [0.25, 0.3) is 0 Å². The second-order valence-corrected chi connectivity index (χ2v) is 20.6. The third kappa shape index (κ3) is 60.7. The van der Waals surface area contributed by atoms with Gasteiger partial charge in [-0.05, 0) is 109 Å². The largest absolute Gasteiger partial charge is 0.462 e. The summed E-state index contributed by atoms with van der Waals surface area (Å²) in [4.78, 5) is 38.3. The number of carbonyl (C=O) groups is 3. The molecule has 0 aliphatic heterocycles. The summed E-state index contributed by atoms with van der Waals surface area (Å²) in [5.74, 6) is -0.992. The lowest BCUT2D eigenvalue weighted by Gasteiger charge is -2.18. The SMILES string of the molecule is CC/C=C\C/C=C\C/C=C\C/C=C\C/C=C\C/C=C\CCCCC(=O)OC(COC(=O)CCCC/C=C\C/C=C\C/C=C\C/C=C\CC)COC(=O)CCCCCCCCCCCCCCCCCCCCCCCC. The lowest BCUT2D eigenvalue weighted by atomic mass is 10.0. The van der Waals surface area contributed by atoms with Gasteiger partial charge in [-0.15, -0.1) is 0 Å². The minimum absolute atomic E-state index is 0.110. The maximum absolute atomic E-state index is 12.9. The molecule has 0 rings (SSSR count). The van der Waals surface area contributed by atoms with Gasteiger partial charge in [0.1, 0.15) is 13.2 Å². The van der Waals surface area contributed by atoms with Crippen LogP contribution >= 0.6 is 0 Å². The van der Waals surface area contributed by atoms with E-state index in [1.54, 1.807) is 0 Å². The predicted molar refractivity (Wildman–Crippen MR) is 330 cm³/mol. The van der Waals surface area contributed by atoms with Crippen LogP contribution in [0.3, 0.4) is 0 Å². The fourth-order valence-electron chi connectivity index (χ4n) is 8.56. The van der Waals surface area contributed by atoms with E-state index < -0.39 is 6.10 Å². The van der Waals surface area contributed by atoms with Crippen molar-refractivity contribution in [3.63, 3.8) is 0 Å². The van der Waals surface area contributed by atoms with Crippen molar-refractivity contribution in [1.29, 1.82) is 0 Å². The van der Waals surface area contributed by atoms with Crippen LogP contribution in [0.25, 0.3) is 0 Å². The molecule has 0 bridgehead atoms. The van der Waals surface area contributed by atoms with Gasteiger partial charge in [0.2, 0.25) is 0 Å². The third-order valence-corrected chi connectivity index (χ3v) is 13.2. The molecule has 0 aromatic heterocycles. The standard InChI is InChI=1S/C70H116O6/c1-4-7-10-13-16-19-22-25-28-30-32-34-36-37-39-42-45-48-51-54-57-60-63-69(72)75-66-67(65-74-68(71)62-59-56-53-50-47-44-41-27-24-21-18-15-12-9-6-3)76-70(73)64-61-58-55-52-49-46-43-40-38-35-33-31-29-26-23-20-17-14-11-8-5-2/h8-9,11-12,17-18,20-21,26-27,29,33,35,40-41,43,47,49-50,52,67H,4-7,10,13-16,19,22-25,28,30-32,34,36-39,42,44-46,48,51,53-66H2,1-3H3/b11-8-,12-9-,20-17-,21-18-,29-26-,35-33-,41-27-,43-40-,50-47-,52-49-. The van der Waals surface area contributed by atoms with E-state index in [9.17, 15) is 14.4 Å². The highest BCUT2D eigenvalue weighted by molar-refractivity contribution is 5.71. The maximum Gasteiger partial charge on any atom is 0.306 e. The Morgan fingerprint density at radius 2 is 0.513 bits per heavy atom. The summed E-state index contributed by atoms with van der Waals surface area (Å²) >= 11 is 0. The van der Waals surface area contributed by atoms with Gasteiger partial charge >= 0.3 is 17.9 Å². The first kappa shape index (κ1) is 71.8. The molecule has 432 valence electrons. The zero-order valence-corrected chi connectivity index (χ0v) is 49.5. The van der Waals surface area contributed by atoms with Gasteiger partial charge in [-0.2, -0.15) is 0 Å². The van der Waals surface area contributed by atoms with E-state index in [1.807, 2.05) is 0 Å². The van der Waals surface area contributed by atoms with Gasteiger partial charge in [0, 0.05) is 19.3 Å². The van der Waals surface area contributed by atoms with E-state index in [1.165, 1.54) is 122 Å². The van der Waals surface area contributed by atoms with Gasteiger partial charge in [-0.3, -0.25) is 14.4 Å². The Kier molecular flexibility index (Phi) is 59.9. The molecule has 0 aromatic rings. The molecular formula is C70H116O6. The number of hydrogen-bond acceptors (Lipinski definition) is 6. The van der Waals surface area contributed by atoms with E-state index in [4.69, 9.17) is 14.2 Å². The highest BCUT2D eigenvalue weighted by Gasteiger charge is 2.19. The summed E-state index contributed by atoms with van der Waals surface area (Å²) in [5, 5.41) is 0. The van der Waals surface area contributed by atoms with E-state index in [0.717, 1.165) is 109 Å². The van der Waals surface area contributed by atoms with E-state index in [2.05, 4.69) is 142 Å². The highest BCUT2D eigenvalue weighted by atomic mass is 16.6. The molecule has 0 saturated carbocycles. The van der Waals surface area contributed by atoms with Crippen molar-refractivity contribution in [2.45, 2.75) is 290 Å². The van der Waals surface area contributed by atoms with Crippen molar-refractivity contribution >= 4 is 17.9 Å². The lowest BCUT2D eigenvalue weighted by Crippen LogP contribution is -2.30. The summed E-state index contributed by atoms with van der Waals surface area (Å²) in [7, 11) is 0. The average molecular weight is 1050 g/mol. The Labute approximate surface area is 469 Å². The van der Waals surface area contributed by atoms with E-state index in [0.29, 0.717) is 25.7 Å². The topological polar surface area (TPSA) is 78.9 Å². The van der Waals surface area contributed by atoms with Crippen molar-refractivity contribution in [3.05, 3.63) is 122 Å². The van der Waals surface area contributed by atoms with Crippen LogP contribution in [0.2, 0.25) is 0 Å². The fourth-order valence-corrected chi connectivity index (χ4v) is 8.56. The zero-order chi connectivity index (χ0) is 55.0. The van der Waals surface area contributed by atoms with Gasteiger partial charge in [0.15, 0.2) is 6.10 Å². The second-order valence-electron chi connectivity index (χ2n) is 20.6. The number of ether oxygens (including phenoxy) is 3. The Bertz CT molecular complexity index is 1590. The van der Waals surface area contributed by atoms with Crippen LogP contribution < -0.4 is 0 Å². The summed E-state index contributed by atoms with van der Waals surface area (Å²) in [6, 6.07) is 0. The Balaban J connectivity index is 4.47. The molecule has 76 heavy (non-hydrogen) atoms. The molecule has 0 N–H and O–H groups in total. The van der Waals surface area contributed by atoms with Crippen LogP contribution in [0.15, 0.2) is 122 Å². The number of esters is 3. The number of hydrogen-bond donors (Lipinski definition) is 0. The predicted octanol–water partition coefficient (Wildman–Crippen LogP) is 21.6. The first-order chi connectivity index (χ1) is 37.5. The van der Waals surface area contributed by atoms with Gasteiger partial charge in [0.05, 0.1) is 0 Å². The zero-order valence-electron chi connectivity index (χ0n) is 49.5. The van der Waals surface area contributed by atoms with Gasteiger partial charge in [-0.25, -0.2) is 0 Å². The first-order valence-electron chi connectivity index (χ1n) is 31.5. The minimum Gasteiger partial charge on any atom is -0.462 e. The van der Waals surface area contributed by atoms with E-state index >= 15 is 0 Å². The highest BCUT2D eigenvalue weighted by Crippen LogP contribution is 2.16. The smallest absolute Gasteiger partial charge is 0.306 e. The van der Waals surface area contributed by atoms with Crippen molar-refractivity contribution in [3.8, 4) is 0 Å². The molecule has 0 spiro atoms. The quantitative estimate of drug-likeness (QED) is 0.0261. The molecule has 0 aliphatic rings. The van der Waals surface area contributed by atoms with Crippen LogP contribution in [-0.4, -0.2) is 37.2 Å². The molecule has 1 atom stereocenters. The molecule has 0 radical (unpaired) electrons. The van der Waals surface area contributed by atoms with Crippen molar-refractivity contribution < 1.29 is 28.6 Å². The lowest BCUT2D eigenvalue weighted by molar-refractivity contribution is -0.167. The van der Waals surface area contributed by atoms with Crippen molar-refractivity contribution in [2.75, 3.05) is 13.2 Å². The van der Waals surface area contributed by atoms with Crippen LogP contribution in [0.5, 0.6) is 0 Å². The summed E-state index contributed by atoms with van der Waals surface area (Å²) < 4.78 is 16.8. The number of rotatable bonds is 56. The second kappa shape index (κ2) is 63.3. The summed E-state index contributed by atoms with van der Waals surface area (Å²) in [6.07, 6.45) is 87.8. The first-order valence-corrected chi connectivity index (χ1v) is 31.5. The molecule has 0 saturated heterocycles. The maximum atomic E-state index is 12.9. The number of unbranched alkanes of at least 4 members (excludes halogenated alkanes) is 25. The molecule has 0 heterocycles. The summed E-state index contributed by atoms with van der Waals surface area (Å²) in [5.41, 5.74) is 0. The van der Waals surface area contributed by atoms with Gasteiger partial charge in [-0.1, -0.05) is 277 Å². The van der Waals surface area contributed by atoms with Crippen molar-refractivity contribution in [2.24, 2.45) is 0 Å². The van der Waals surface area contributed by atoms with Crippen LogP contribution in [0.1, 0.15) is 284 Å². The summed E-state index contributed by atoms with van der Waals surface area (Å²) in [6.45, 7) is 6.36. The van der Waals surface area contributed by atoms with Crippen LogP contribution in [-0.2, 0) is 28.6 Å². The number of allylic oxidation sites excluding steroid dienone is 20. The molecule has 6 heteroatoms. The average Bonchev–Trinajstić information content (AvgIpc) is 3.42. The fraction of sp³-hybridized carbons (Fsp3) is 0.671. The van der Waals surface area contributed by atoms with Gasteiger partial charge < -0.3 is 14.2 Å². The minimum atomic E-state index is -0.822. The molecule has 0 fully saturated rings. The molecule has 6 nitrogen and oxygen atoms in total. The molecule has 0 amide bonds. The third-order valence-electron chi connectivity index (χ3n) is 13.2.